The number of nitrogens with zero attached hydrogens (tertiary/aromatic N) is 4. The molecule has 25 heavy (non-hydrogen) atoms. The van der Waals surface area contributed by atoms with Crippen LogP contribution in [0.5, 0.6) is 0 Å². The molecule has 0 spiro atoms. The van der Waals surface area contributed by atoms with E-state index >= 15 is 0 Å². The molecule has 1 saturated heterocycles. The zero-order valence-corrected chi connectivity index (χ0v) is 16.0. The first-order valence-corrected chi connectivity index (χ1v) is 9.96. The Bertz CT molecular complexity index is 705. The molecule has 5 nitrogen and oxygen atoms in total. The van der Waals surface area contributed by atoms with Gasteiger partial charge in [0.2, 0.25) is 5.91 Å². The van der Waals surface area contributed by atoms with Crippen molar-refractivity contribution >= 4 is 17.7 Å². The first-order valence-electron chi connectivity index (χ1n) is 8.97. The Morgan fingerprint density at radius 3 is 2.48 bits per heavy atom. The largest absolute Gasteiger partial charge is 0.341 e. The van der Waals surface area contributed by atoms with E-state index in [0.29, 0.717) is 17.6 Å². The molecule has 0 saturated carbocycles. The first kappa shape index (κ1) is 18.0. The van der Waals surface area contributed by atoms with Gasteiger partial charge in [-0.15, -0.1) is 10.2 Å². The number of piperidine rings is 1. The molecule has 2 atom stereocenters. The van der Waals surface area contributed by atoms with Gasteiger partial charge in [0.15, 0.2) is 11.0 Å². The summed E-state index contributed by atoms with van der Waals surface area (Å²) in [6.07, 6.45) is 1.21. The van der Waals surface area contributed by atoms with Crippen molar-refractivity contribution in [2.75, 3.05) is 18.8 Å². The molecule has 6 heteroatoms. The van der Waals surface area contributed by atoms with Gasteiger partial charge >= 0.3 is 0 Å². The Morgan fingerprint density at radius 2 is 1.84 bits per heavy atom. The van der Waals surface area contributed by atoms with Gasteiger partial charge in [-0.05, 0) is 25.2 Å². The summed E-state index contributed by atoms with van der Waals surface area (Å²) >= 11 is 1.49. The van der Waals surface area contributed by atoms with Crippen molar-refractivity contribution in [2.24, 2.45) is 11.8 Å². The molecular formula is C19H26N4OS. The maximum absolute atomic E-state index is 12.6. The Labute approximate surface area is 153 Å². The number of rotatable bonds is 5. The number of aromatic nitrogens is 3. The predicted molar refractivity (Wildman–Crippen MR) is 101 cm³/mol. The molecule has 1 fully saturated rings. The van der Waals surface area contributed by atoms with Gasteiger partial charge in [0.1, 0.15) is 0 Å². The molecule has 1 aliphatic rings. The van der Waals surface area contributed by atoms with Gasteiger partial charge in [0, 0.05) is 25.2 Å². The Balaban J connectivity index is 1.67. The highest BCUT2D eigenvalue weighted by molar-refractivity contribution is 7.99. The number of carbonyl (C=O) groups excluding carboxylic acids is 1. The van der Waals surface area contributed by atoms with E-state index in [1.165, 1.54) is 18.2 Å². The fourth-order valence-corrected chi connectivity index (χ4v) is 4.47. The first-order chi connectivity index (χ1) is 12.1. The lowest BCUT2D eigenvalue weighted by atomic mass is 9.92. The van der Waals surface area contributed by atoms with E-state index in [1.807, 2.05) is 35.2 Å². The molecule has 0 N–H and O–H groups in total. The van der Waals surface area contributed by atoms with Crippen molar-refractivity contribution < 1.29 is 4.79 Å². The van der Waals surface area contributed by atoms with Crippen LogP contribution in [0.2, 0.25) is 0 Å². The number of benzene rings is 1. The second-order valence-electron chi connectivity index (χ2n) is 6.95. The van der Waals surface area contributed by atoms with Crippen LogP contribution in [0, 0.1) is 11.8 Å². The van der Waals surface area contributed by atoms with Crippen LogP contribution in [0.3, 0.4) is 0 Å². The Hall–Kier alpha value is -1.82. The summed E-state index contributed by atoms with van der Waals surface area (Å²) in [6.45, 7) is 9.06. The lowest BCUT2D eigenvalue weighted by molar-refractivity contribution is -0.130. The van der Waals surface area contributed by atoms with Crippen LogP contribution >= 0.6 is 11.8 Å². The van der Waals surface area contributed by atoms with Crippen LogP contribution in [-0.4, -0.2) is 44.4 Å². The van der Waals surface area contributed by atoms with Gasteiger partial charge in [0.05, 0.1) is 5.75 Å². The monoisotopic (exact) mass is 358 g/mol. The van der Waals surface area contributed by atoms with Crippen molar-refractivity contribution in [2.45, 2.75) is 38.9 Å². The molecule has 0 aliphatic carbocycles. The average Bonchev–Trinajstić information content (AvgIpc) is 3.02. The molecule has 134 valence electrons. The summed E-state index contributed by atoms with van der Waals surface area (Å²) < 4.78 is 2.08. The molecule has 2 unspecified atom stereocenters. The van der Waals surface area contributed by atoms with E-state index < -0.39 is 0 Å². The van der Waals surface area contributed by atoms with Crippen molar-refractivity contribution in [1.29, 1.82) is 0 Å². The number of hydrogen-bond acceptors (Lipinski definition) is 4. The van der Waals surface area contributed by atoms with Crippen molar-refractivity contribution in [1.82, 2.24) is 19.7 Å². The van der Waals surface area contributed by atoms with E-state index in [2.05, 4.69) is 35.5 Å². The second-order valence-corrected chi connectivity index (χ2v) is 7.89. The lowest BCUT2D eigenvalue weighted by Gasteiger charge is -2.34. The minimum absolute atomic E-state index is 0.204. The topological polar surface area (TPSA) is 51.0 Å². The third-order valence-electron chi connectivity index (χ3n) is 4.61. The summed E-state index contributed by atoms with van der Waals surface area (Å²) in [5, 5.41) is 9.47. The number of thioether (sulfide) groups is 1. The molecule has 1 amide bonds. The predicted octanol–water partition coefficient (Wildman–Crippen LogP) is 3.56. The van der Waals surface area contributed by atoms with Gasteiger partial charge in [-0.3, -0.25) is 4.79 Å². The summed E-state index contributed by atoms with van der Waals surface area (Å²) in [7, 11) is 0. The van der Waals surface area contributed by atoms with Crippen LogP contribution < -0.4 is 0 Å². The SMILES string of the molecule is CCn1c(SCC(=O)N2CC(C)CC(C)C2)nnc1-c1ccccc1. The maximum Gasteiger partial charge on any atom is 0.233 e. The summed E-state index contributed by atoms with van der Waals surface area (Å²) in [5.74, 6) is 2.66. The molecule has 2 heterocycles. The fraction of sp³-hybridized carbons (Fsp3) is 0.526. The number of hydrogen-bond donors (Lipinski definition) is 0. The molecular weight excluding hydrogens is 332 g/mol. The van der Waals surface area contributed by atoms with Crippen molar-refractivity contribution in [3.05, 3.63) is 30.3 Å². The molecule has 1 aliphatic heterocycles. The van der Waals surface area contributed by atoms with Crippen molar-refractivity contribution in [3.8, 4) is 11.4 Å². The zero-order chi connectivity index (χ0) is 17.8. The Kier molecular flexibility index (Phi) is 5.78. The summed E-state index contributed by atoms with van der Waals surface area (Å²) in [6, 6.07) is 10.1. The lowest BCUT2D eigenvalue weighted by Crippen LogP contribution is -2.43. The molecule has 3 rings (SSSR count). The number of carbonyl (C=O) groups is 1. The highest BCUT2D eigenvalue weighted by atomic mass is 32.2. The van der Waals surface area contributed by atoms with Crippen LogP contribution in [-0.2, 0) is 11.3 Å². The third-order valence-corrected chi connectivity index (χ3v) is 5.56. The van der Waals surface area contributed by atoms with Gasteiger partial charge < -0.3 is 9.47 Å². The zero-order valence-electron chi connectivity index (χ0n) is 15.2. The van der Waals surface area contributed by atoms with Gasteiger partial charge in [-0.1, -0.05) is 55.9 Å². The van der Waals surface area contributed by atoms with Crippen LogP contribution in [0.1, 0.15) is 27.2 Å². The highest BCUT2D eigenvalue weighted by Crippen LogP contribution is 2.25. The third kappa shape index (κ3) is 4.24. The normalized spacial score (nSPS) is 20.7. The maximum atomic E-state index is 12.6. The van der Waals surface area contributed by atoms with Crippen LogP contribution in [0.4, 0.5) is 0 Å². The van der Waals surface area contributed by atoms with Gasteiger partial charge in [-0.25, -0.2) is 0 Å². The molecule has 1 aromatic heterocycles. The van der Waals surface area contributed by atoms with E-state index in [4.69, 9.17) is 0 Å². The molecule has 1 aromatic carbocycles. The van der Waals surface area contributed by atoms with Gasteiger partial charge in [0.25, 0.3) is 0 Å². The van der Waals surface area contributed by atoms with E-state index in [1.54, 1.807) is 0 Å². The van der Waals surface area contributed by atoms with E-state index in [-0.39, 0.29) is 5.91 Å². The van der Waals surface area contributed by atoms with Crippen LogP contribution in [0.25, 0.3) is 11.4 Å². The number of likely N-dealkylation sites (tertiary alicyclic amines) is 1. The quantitative estimate of drug-likeness (QED) is 0.767. The van der Waals surface area contributed by atoms with Crippen LogP contribution in [0.15, 0.2) is 35.5 Å². The summed E-state index contributed by atoms with van der Waals surface area (Å²) in [5.41, 5.74) is 1.05. The molecule has 2 aromatic rings. The minimum Gasteiger partial charge on any atom is -0.341 e. The second kappa shape index (κ2) is 8.04. The number of amides is 1. The summed E-state index contributed by atoms with van der Waals surface area (Å²) in [4.78, 5) is 14.6. The van der Waals surface area contributed by atoms with Crippen molar-refractivity contribution in [3.63, 3.8) is 0 Å². The smallest absolute Gasteiger partial charge is 0.233 e. The molecule has 0 bridgehead atoms. The highest BCUT2D eigenvalue weighted by Gasteiger charge is 2.25. The Morgan fingerprint density at radius 1 is 1.16 bits per heavy atom. The standard InChI is InChI=1S/C19H26N4OS/c1-4-23-18(16-8-6-5-7-9-16)20-21-19(23)25-13-17(24)22-11-14(2)10-15(3)12-22/h5-9,14-15H,4,10-13H2,1-3H3. The van der Waals surface area contributed by atoms with E-state index in [0.717, 1.165) is 36.2 Å². The fourth-order valence-electron chi connectivity index (χ4n) is 3.57. The minimum atomic E-state index is 0.204. The van der Waals surface area contributed by atoms with Gasteiger partial charge in [-0.2, -0.15) is 0 Å². The molecule has 0 radical (unpaired) electrons. The van der Waals surface area contributed by atoms with E-state index in [9.17, 15) is 4.79 Å². The average molecular weight is 359 g/mol.